The van der Waals surface area contributed by atoms with Crippen LogP contribution >= 0.6 is 11.8 Å². The van der Waals surface area contributed by atoms with Gasteiger partial charge in [-0.05, 0) is 18.6 Å². The smallest absolute Gasteiger partial charge is 0.163 e. The average Bonchev–Trinajstić information content (AvgIpc) is 2.72. The van der Waals surface area contributed by atoms with Gasteiger partial charge in [-0.1, -0.05) is 13.8 Å². The van der Waals surface area contributed by atoms with Gasteiger partial charge in [-0.25, -0.2) is 9.97 Å². The zero-order valence-electron chi connectivity index (χ0n) is 12.0. The molecular weight excluding hydrogens is 258 g/mol. The summed E-state index contributed by atoms with van der Waals surface area (Å²) >= 11 is 1.88. The van der Waals surface area contributed by atoms with Crippen molar-refractivity contribution in [2.24, 2.45) is 13.0 Å². The topological polar surface area (TPSA) is 55.6 Å². The molecule has 0 aliphatic carbocycles. The van der Waals surface area contributed by atoms with Gasteiger partial charge in [0.2, 0.25) is 0 Å². The lowest BCUT2D eigenvalue weighted by molar-refractivity contribution is 0.749. The summed E-state index contributed by atoms with van der Waals surface area (Å²) in [5, 5.41) is 8.53. The third-order valence-corrected chi connectivity index (χ3v) is 4.03. The summed E-state index contributed by atoms with van der Waals surface area (Å²) in [5.41, 5.74) is 0.895. The average molecular weight is 279 g/mol. The molecular formula is C13H21N5S. The minimum atomic E-state index is 0.693. The van der Waals surface area contributed by atoms with Gasteiger partial charge in [0.05, 0.1) is 17.3 Å². The molecule has 0 aliphatic heterocycles. The molecule has 0 amide bonds. The van der Waals surface area contributed by atoms with Gasteiger partial charge in [-0.3, -0.25) is 4.68 Å². The molecule has 0 radical (unpaired) electrons. The number of thioether (sulfide) groups is 1. The van der Waals surface area contributed by atoms with E-state index in [0.29, 0.717) is 5.92 Å². The number of nitrogens with one attached hydrogen (secondary N) is 1. The van der Waals surface area contributed by atoms with E-state index in [1.807, 2.05) is 25.0 Å². The maximum atomic E-state index is 4.60. The number of rotatable bonds is 6. The number of hydrogen-bond donors (Lipinski definition) is 1. The van der Waals surface area contributed by atoms with Gasteiger partial charge in [0, 0.05) is 13.6 Å². The molecule has 0 saturated carbocycles. The van der Waals surface area contributed by atoms with Crippen LogP contribution in [-0.4, -0.2) is 32.0 Å². The van der Waals surface area contributed by atoms with Crippen LogP contribution in [0.5, 0.6) is 0 Å². The van der Waals surface area contributed by atoms with Gasteiger partial charge < -0.3 is 5.32 Å². The molecule has 0 saturated heterocycles. The molecule has 0 aliphatic rings. The normalized spacial score (nSPS) is 11.4. The molecule has 0 spiro atoms. The van der Waals surface area contributed by atoms with Crippen molar-refractivity contribution >= 4 is 28.6 Å². The Morgan fingerprint density at radius 1 is 1.37 bits per heavy atom. The molecule has 0 bridgehead atoms. The highest BCUT2D eigenvalue weighted by Gasteiger charge is 2.11. The second kappa shape index (κ2) is 6.23. The van der Waals surface area contributed by atoms with Crippen LogP contribution < -0.4 is 5.32 Å². The predicted molar refractivity (Wildman–Crippen MR) is 81.5 cm³/mol. The first-order valence-electron chi connectivity index (χ1n) is 6.62. The summed E-state index contributed by atoms with van der Waals surface area (Å²) in [6.45, 7) is 7.36. The zero-order chi connectivity index (χ0) is 13.8. The molecule has 1 N–H and O–H groups in total. The molecule has 19 heavy (non-hydrogen) atoms. The number of anilines is 1. The Balaban J connectivity index is 2.26. The first-order valence-corrected chi connectivity index (χ1v) is 7.77. The molecule has 2 aromatic rings. The molecule has 104 valence electrons. The van der Waals surface area contributed by atoms with Crippen LogP contribution in [0.25, 0.3) is 11.0 Å². The van der Waals surface area contributed by atoms with E-state index in [2.05, 4.69) is 41.2 Å². The maximum absolute atomic E-state index is 4.60. The van der Waals surface area contributed by atoms with Crippen molar-refractivity contribution in [3.63, 3.8) is 0 Å². The van der Waals surface area contributed by atoms with Gasteiger partial charge in [0.15, 0.2) is 5.65 Å². The number of nitrogens with zero attached hydrogens (tertiary/aromatic N) is 4. The fourth-order valence-corrected chi connectivity index (χ4v) is 2.72. The Bertz CT molecular complexity index is 549. The number of hydrogen-bond acceptors (Lipinski definition) is 5. The van der Waals surface area contributed by atoms with Gasteiger partial charge in [0.1, 0.15) is 11.6 Å². The van der Waals surface area contributed by atoms with Crippen LogP contribution in [0.2, 0.25) is 0 Å². The Morgan fingerprint density at radius 3 is 2.84 bits per heavy atom. The van der Waals surface area contributed by atoms with Crippen molar-refractivity contribution in [1.29, 1.82) is 0 Å². The maximum Gasteiger partial charge on any atom is 0.163 e. The summed E-state index contributed by atoms with van der Waals surface area (Å²) in [7, 11) is 1.91. The largest absolute Gasteiger partial charge is 0.370 e. The monoisotopic (exact) mass is 279 g/mol. The van der Waals surface area contributed by atoms with Crippen LogP contribution in [0.1, 0.15) is 26.6 Å². The fraction of sp³-hybridized carbons (Fsp3) is 0.615. The van der Waals surface area contributed by atoms with E-state index >= 15 is 0 Å². The van der Waals surface area contributed by atoms with Crippen molar-refractivity contribution < 1.29 is 0 Å². The Labute approximate surface area is 118 Å². The number of fused-ring (bicyclic) bond motifs is 1. The van der Waals surface area contributed by atoms with E-state index in [1.165, 1.54) is 0 Å². The highest BCUT2D eigenvalue weighted by Crippen LogP contribution is 2.21. The molecule has 2 aromatic heterocycles. The predicted octanol–water partition coefficient (Wildman–Crippen LogP) is 2.68. The molecule has 0 unspecified atom stereocenters. The lowest BCUT2D eigenvalue weighted by Crippen LogP contribution is -2.05. The van der Waals surface area contributed by atoms with Crippen LogP contribution in [0, 0.1) is 5.92 Å². The molecule has 2 rings (SSSR count). The molecule has 5 nitrogen and oxygen atoms in total. The SMILES string of the molecule is CCNc1nc(CSCC(C)C)nc2c1cnn2C. The Morgan fingerprint density at radius 2 is 2.16 bits per heavy atom. The van der Waals surface area contributed by atoms with Crippen molar-refractivity contribution in [3.8, 4) is 0 Å². The van der Waals surface area contributed by atoms with Gasteiger partial charge in [-0.2, -0.15) is 16.9 Å². The van der Waals surface area contributed by atoms with Gasteiger partial charge >= 0.3 is 0 Å². The molecule has 6 heteroatoms. The van der Waals surface area contributed by atoms with Gasteiger partial charge in [-0.15, -0.1) is 0 Å². The van der Waals surface area contributed by atoms with Crippen LogP contribution in [0.3, 0.4) is 0 Å². The minimum Gasteiger partial charge on any atom is -0.370 e. The highest BCUT2D eigenvalue weighted by atomic mass is 32.2. The van der Waals surface area contributed by atoms with E-state index in [1.54, 1.807) is 4.68 Å². The molecule has 0 fully saturated rings. The van der Waals surface area contributed by atoms with Crippen molar-refractivity contribution in [2.45, 2.75) is 26.5 Å². The Hall–Kier alpha value is -1.30. The second-order valence-corrected chi connectivity index (χ2v) is 5.96. The Kier molecular flexibility index (Phi) is 4.63. The molecule has 0 aromatic carbocycles. The number of aryl methyl sites for hydroxylation is 1. The second-order valence-electron chi connectivity index (χ2n) is 4.93. The molecule has 0 atom stereocenters. The van der Waals surface area contributed by atoms with Crippen molar-refractivity contribution in [1.82, 2.24) is 19.7 Å². The third kappa shape index (κ3) is 3.37. The summed E-state index contributed by atoms with van der Waals surface area (Å²) in [6, 6.07) is 0. The first-order chi connectivity index (χ1) is 9.11. The summed E-state index contributed by atoms with van der Waals surface area (Å²) in [5.74, 6) is 4.43. The van der Waals surface area contributed by atoms with Crippen LogP contribution in [-0.2, 0) is 12.8 Å². The highest BCUT2D eigenvalue weighted by molar-refractivity contribution is 7.98. The zero-order valence-corrected chi connectivity index (χ0v) is 12.8. The minimum absolute atomic E-state index is 0.693. The fourth-order valence-electron chi connectivity index (χ4n) is 1.82. The van der Waals surface area contributed by atoms with Crippen LogP contribution in [0.15, 0.2) is 6.20 Å². The lowest BCUT2D eigenvalue weighted by Gasteiger charge is -2.08. The lowest BCUT2D eigenvalue weighted by atomic mass is 10.3. The van der Waals surface area contributed by atoms with Crippen molar-refractivity contribution in [2.75, 3.05) is 17.6 Å². The van der Waals surface area contributed by atoms with E-state index < -0.39 is 0 Å². The standard InChI is InChI=1S/C13H21N5S/c1-5-14-12-10-6-15-18(4)13(10)17-11(16-12)8-19-7-9(2)3/h6,9H,5,7-8H2,1-4H3,(H,14,16,17). The van der Waals surface area contributed by atoms with E-state index in [4.69, 9.17) is 0 Å². The summed E-state index contributed by atoms with van der Waals surface area (Å²) in [6.07, 6.45) is 1.82. The quantitative estimate of drug-likeness (QED) is 0.881. The third-order valence-electron chi connectivity index (χ3n) is 2.66. The number of aromatic nitrogens is 4. The van der Waals surface area contributed by atoms with E-state index in [0.717, 1.165) is 40.7 Å². The van der Waals surface area contributed by atoms with Gasteiger partial charge in [0.25, 0.3) is 0 Å². The summed E-state index contributed by atoms with van der Waals surface area (Å²) < 4.78 is 1.80. The van der Waals surface area contributed by atoms with E-state index in [-0.39, 0.29) is 0 Å². The molecule has 2 heterocycles. The summed E-state index contributed by atoms with van der Waals surface area (Å²) in [4.78, 5) is 9.21. The first kappa shape index (κ1) is 14.1. The van der Waals surface area contributed by atoms with Crippen molar-refractivity contribution in [3.05, 3.63) is 12.0 Å². The van der Waals surface area contributed by atoms with E-state index in [9.17, 15) is 0 Å². The van der Waals surface area contributed by atoms with Crippen LogP contribution in [0.4, 0.5) is 5.82 Å².